The Labute approximate surface area is 209 Å². The van der Waals surface area contributed by atoms with Crippen LogP contribution in [0.3, 0.4) is 0 Å². The molecule has 3 heterocycles. The molecule has 8 heteroatoms. The molecule has 0 spiro atoms. The monoisotopic (exact) mass is 481 g/mol. The number of rotatable bonds is 7. The van der Waals surface area contributed by atoms with Gasteiger partial charge in [0.05, 0.1) is 37.4 Å². The van der Waals surface area contributed by atoms with Gasteiger partial charge in [0.25, 0.3) is 0 Å². The quantitative estimate of drug-likeness (QED) is 0.407. The highest BCUT2D eigenvalue weighted by molar-refractivity contribution is 5.72. The number of aromatic nitrogens is 2. The summed E-state index contributed by atoms with van der Waals surface area (Å²) in [6.45, 7) is 5.17. The van der Waals surface area contributed by atoms with Crippen LogP contribution in [0.1, 0.15) is 28.4 Å². The molecule has 1 saturated heterocycles. The first-order chi connectivity index (χ1) is 17.6. The van der Waals surface area contributed by atoms with Crippen molar-refractivity contribution in [3.05, 3.63) is 89.6 Å². The molecule has 0 saturated carbocycles. The number of furan rings is 1. The zero-order valence-electron chi connectivity index (χ0n) is 20.1. The first-order valence-electron chi connectivity index (χ1n) is 11.9. The Kier molecular flexibility index (Phi) is 6.94. The minimum Gasteiger partial charge on any atom is -0.472 e. The topological polar surface area (TPSA) is 110 Å². The average molecular weight is 482 g/mol. The molecule has 1 unspecified atom stereocenters. The van der Waals surface area contributed by atoms with Crippen LogP contribution in [-0.2, 0) is 4.74 Å². The molecule has 0 amide bonds. The molecule has 5 rings (SSSR count). The average Bonchev–Trinajstić information content (AvgIpc) is 3.44. The summed E-state index contributed by atoms with van der Waals surface area (Å²) in [5.41, 5.74) is 10.5. The summed E-state index contributed by atoms with van der Waals surface area (Å²) in [6.07, 6.45) is 3.39. The summed E-state index contributed by atoms with van der Waals surface area (Å²) >= 11 is 0. The Morgan fingerprint density at radius 1 is 1.06 bits per heavy atom. The molecule has 2 aromatic heterocycles. The minimum atomic E-state index is 0.0529. The lowest BCUT2D eigenvalue weighted by atomic mass is 9.91. The summed E-state index contributed by atoms with van der Waals surface area (Å²) in [4.78, 5) is 11.2. The molecular weight excluding hydrogens is 454 g/mol. The Morgan fingerprint density at radius 2 is 1.86 bits per heavy atom. The molecule has 1 aliphatic rings. The minimum absolute atomic E-state index is 0.0529. The number of nitrogens with two attached hydrogens (primary N) is 1. The van der Waals surface area contributed by atoms with E-state index in [0.29, 0.717) is 42.8 Å². The molecule has 1 aliphatic heterocycles. The SMILES string of the molecule is Cc1nc(Oc2cc(C#N)ccc2-c2ccc(C(CN)c3ccoc3)cc2)cc(N2CCOCC2)n1. The van der Waals surface area contributed by atoms with Crippen molar-refractivity contribution in [1.29, 1.82) is 5.26 Å². The third-order valence-electron chi connectivity index (χ3n) is 6.27. The standard InChI is InChI=1S/C28H27N5O3/c1-19-31-27(33-9-12-34-13-10-33)15-28(32-19)36-26-14-20(16-29)2-7-24(26)21-3-5-22(6-4-21)25(17-30)23-8-11-35-18-23/h2-8,11,14-15,18,25H,9-10,12-13,17,30H2,1H3. The van der Waals surface area contributed by atoms with Crippen molar-refractivity contribution in [1.82, 2.24) is 9.97 Å². The smallest absolute Gasteiger partial charge is 0.224 e. The van der Waals surface area contributed by atoms with Gasteiger partial charge in [-0.2, -0.15) is 10.2 Å². The first kappa shape index (κ1) is 23.5. The Hall–Kier alpha value is -4.19. The van der Waals surface area contributed by atoms with Gasteiger partial charge in [-0.15, -0.1) is 0 Å². The first-order valence-corrected chi connectivity index (χ1v) is 11.9. The summed E-state index contributed by atoms with van der Waals surface area (Å²) in [5.74, 6) is 2.45. The van der Waals surface area contributed by atoms with E-state index >= 15 is 0 Å². The zero-order chi connectivity index (χ0) is 24.9. The Bertz CT molecular complexity index is 1360. The fourth-order valence-electron chi connectivity index (χ4n) is 4.39. The van der Waals surface area contributed by atoms with Gasteiger partial charge in [0.1, 0.15) is 17.4 Å². The fraction of sp³-hybridized carbons (Fsp3) is 0.250. The van der Waals surface area contributed by atoms with Crippen LogP contribution in [0.5, 0.6) is 11.6 Å². The Balaban J connectivity index is 1.46. The van der Waals surface area contributed by atoms with Crippen LogP contribution in [0.2, 0.25) is 0 Å². The number of nitriles is 1. The molecule has 1 atom stereocenters. The second-order valence-corrected chi connectivity index (χ2v) is 8.60. The van der Waals surface area contributed by atoms with E-state index in [2.05, 4.69) is 33.1 Å². The molecule has 4 aromatic rings. The molecule has 8 nitrogen and oxygen atoms in total. The number of anilines is 1. The van der Waals surface area contributed by atoms with Crippen molar-refractivity contribution in [3.8, 4) is 28.8 Å². The number of benzene rings is 2. The number of hydrogen-bond acceptors (Lipinski definition) is 8. The highest BCUT2D eigenvalue weighted by atomic mass is 16.5. The predicted molar refractivity (Wildman–Crippen MR) is 136 cm³/mol. The van der Waals surface area contributed by atoms with Crippen molar-refractivity contribution >= 4 is 5.82 Å². The van der Waals surface area contributed by atoms with E-state index in [1.54, 1.807) is 24.7 Å². The van der Waals surface area contributed by atoms with Gasteiger partial charge in [-0.3, -0.25) is 0 Å². The van der Waals surface area contributed by atoms with E-state index in [9.17, 15) is 5.26 Å². The molecule has 1 fully saturated rings. The summed E-state index contributed by atoms with van der Waals surface area (Å²) in [5, 5.41) is 9.49. The van der Waals surface area contributed by atoms with Crippen molar-refractivity contribution in [2.75, 3.05) is 37.7 Å². The maximum atomic E-state index is 9.49. The van der Waals surface area contributed by atoms with Gasteiger partial charge in [0.2, 0.25) is 5.88 Å². The van der Waals surface area contributed by atoms with Crippen LogP contribution in [0.25, 0.3) is 11.1 Å². The Morgan fingerprint density at radius 3 is 2.56 bits per heavy atom. The number of ether oxygens (including phenoxy) is 2. The van der Waals surface area contributed by atoms with Crippen LogP contribution >= 0.6 is 0 Å². The van der Waals surface area contributed by atoms with Crippen LogP contribution in [0, 0.1) is 18.3 Å². The van der Waals surface area contributed by atoms with E-state index < -0.39 is 0 Å². The second kappa shape index (κ2) is 10.6. The van der Waals surface area contributed by atoms with Gasteiger partial charge in [-0.1, -0.05) is 24.3 Å². The van der Waals surface area contributed by atoms with Gasteiger partial charge in [0.15, 0.2) is 0 Å². The van der Waals surface area contributed by atoms with Crippen molar-refractivity contribution in [2.45, 2.75) is 12.8 Å². The number of morpholine rings is 1. The van der Waals surface area contributed by atoms with E-state index in [-0.39, 0.29) is 5.92 Å². The molecular formula is C28H27N5O3. The fourth-order valence-corrected chi connectivity index (χ4v) is 4.39. The second-order valence-electron chi connectivity index (χ2n) is 8.60. The van der Waals surface area contributed by atoms with Gasteiger partial charge in [0, 0.05) is 37.2 Å². The highest BCUT2D eigenvalue weighted by Gasteiger charge is 2.18. The molecule has 0 bridgehead atoms. The molecule has 2 N–H and O–H groups in total. The molecule has 182 valence electrons. The lowest BCUT2D eigenvalue weighted by Gasteiger charge is -2.28. The maximum Gasteiger partial charge on any atom is 0.224 e. The summed E-state index contributed by atoms with van der Waals surface area (Å²) in [6, 6.07) is 19.6. The van der Waals surface area contributed by atoms with Gasteiger partial charge >= 0.3 is 0 Å². The zero-order valence-corrected chi connectivity index (χ0v) is 20.1. The van der Waals surface area contributed by atoms with E-state index in [0.717, 1.165) is 41.2 Å². The number of aryl methyl sites for hydroxylation is 1. The lowest BCUT2D eigenvalue weighted by Crippen LogP contribution is -2.36. The van der Waals surface area contributed by atoms with Crippen molar-refractivity contribution in [2.24, 2.45) is 5.73 Å². The maximum absolute atomic E-state index is 9.49. The molecule has 0 aliphatic carbocycles. The largest absolute Gasteiger partial charge is 0.472 e. The molecule has 36 heavy (non-hydrogen) atoms. The molecule has 0 radical (unpaired) electrons. The van der Waals surface area contributed by atoms with Crippen molar-refractivity contribution < 1.29 is 13.9 Å². The summed E-state index contributed by atoms with van der Waals surface area (Å²) in [7, 11) is 0. The number of nitrogens with zero attached hydrogens (tertiary/aromatic N) is 4. The van der Waals surface area contributed by atoms with Gasteiger partial charge < -0.3 is 24.5 Å². The highest BCUT2D eigenvalue weighted by Crippen LogP contribution is 2.36. The third kappa shape index (κ3) is 5.08. The molecule has 2 aromatic carbocycles. The van der Waals surface area contributed by atoms with E-state index in [4.69, 9.17) is 19.6 Å². The summed E-state index contributed by atoms with van der Waals surface area (Å²) < 4.78 is 17.0. The van der Waals surface area contributed by atoms with Gasteiger partial charge in [-0.05, 0) is 47.9 Å². The van der Waals surface area contributed by atoms with E-state index in [1.165, 1.54) is 0 Å². The van der Waals surface area contributed by atoms with Crippen molar-refractivity contribution in [3.63, 3.8) is 0 Å². The van der Waals surface area contributed by atoms with Crippen LogP contribution in [0.15, 0.2) is 71.5 Å². The van der Waals surface area contributed by atoms with Gasteiger partial charge in [-0.25, -0.2) is 4.98 Å². The predicted octanol–water partition coefficient (Wildman–Crippen LogP) is 4.64. The normalized spacial score (nSPS) is 14.3. The van der Waals surface area contributed by atoms with Crippen LogP contribution in [-0.4, -0.2) is 42.8 Å². The third-order valence-corrected chi connectivity index (χ3v) is 6.27. The van der Waals surface area contributed by atoms with E-state index in [1.807, 2.05) is 37.3 Å². The van der Waals surface area contributed by atoms with Crippen LogP contribution < -0.4 is 15.4 Å². The van der Waals surface area contributed by atoms with Crippen LogP contribution in [0.4, 0.5) is 5.82 Å². The number of hydrogen-bond donors (Lipinski definition) is 1. The lowest BCUT2D eigenvalue weighted by molar-refractivity contribution is 0.122.